The molecule has 1 heterocycles. The number of carbonyl (C=O) groups is 4. The third kappa shape index (κ3) is 2.13. The van der Waals surface area contributed by atoms with E-state index in [2.05, 4.69) is 10.6 Å². The highest BCUT2D eigenvalue weighted by molar-refractivity contribution is 6.02. The van der Waals surface area contributed by atoms with Crippen molar-refractivity contribution in [2.75, 3.05) is 13.1 Å². The van der Waals surface area contributed by atoms with E-state index in [-0.39, 0.29) is 13.1 Å². The zero-order valence-electron chi connectivity index (χ0n) is 9.56. The maximum atomic E-state index is 11.8. The minimum atomic E-state index is -1.24. The summed E-state index contributed by atoms with van der Waals surface area (Å²) in [4.78, 5) is 46.1. The molecule has 4 amide bonds. The minimum Gasteiger partial charge on any atom is -0.480 e. The van der Waals surface area contributed by atoms with E-state index in [4.69, 9.17) is 5.11 Å². The molecule has 1 aliphatic carbocycles. The molecule has 8 nitrogen and oxygen atoms in total. The van der Waals surface area contributed by atoms with Crippen LogP contribution < -0.4 is 10.6 Å². The zero-order chi connectivity index (χ0) is 13.3. The van der Waals surface area contributed by atoms with E-state index in [0.29, 0.717) is 12.8 Å². The first-order valence-electron chi connectivity index (χ1n) is 5.56. The third-order valence-corrected chi connectivity index (χ3v) is 3.20. The number of hydrogen-bond acceptors (Lipinski definition) is 4. The number of nitrogens with zero attached hydrogens (tertiary/aromatic N) is 1. The molecule has 1 saturated heterocycles. The molecule has 1 aliphatic heterocycles. The molecule has 0 atom stereocenters. The van der Waals surface area contributed by atoms with Crippen molar-refractivity contribution in [3.63, 3.8) is 0 Å². The van der Waals surface area contributed by atoms with Crippen LogP contribution >= 0.6 is 0 Å². The first-order chi connectivity index (χ1) is 8.43. The first kappa shape index (κ1) is 12.3. The van der Waals surface area contributed by atoms with Crippen LogP contribution in [0.1, 0.15) is 19.3 Å². The fraction of sp³-hybridized carbons (Fsp3) is 0.600. The van der Waals surface area contributed by atoms with Gasteiger partial charge in [-0.2, -0.15) is 0 Å². The first-order valence-corrected chi connectivity index (χ1v) is 5.56. The van der Waals surface area contributed by atoms with E-state index in [1.54, 1.807) is 0 Å². The molecule has 98 valence electrons. The number of aliphatic carboxylic acids is 1. The zero-order valence-corrected chi connectivity index (χ0v) is 9.56. The van der Waals surface area contributed by atoms with Gasteiger partial charge < -0.3 is 15.3 Å². The van der Waals surface area contributed by atoms with Gasteiger partial charge in [0, 0.05) is 0 Å². The van der Waals surface area contributed by atoms with E-state index in [0.717, 1.165) is 11.3 Å². The third-order valence-electron chi connectivity index (χ3n) is 3.20. The van der Waals surface area contributed by atoms with Crippen molar-refractivity contribution in [3.05, 3.63) is 0 Å². The summed E-state index contributed by atoms with van der Waals surface area (Å²) in [5.74, 6) is -2.23. The van der Waals surface area contributed by atoms with Gasteiger partial charge in [0.15, 0.2) is 0 Å². The van der Waals surface area contributed by atoms with Crippen molar-refractivity contribution >= 4 is 23.8 Å². The SMILES string of the molecule is O=C1CN(C(=O)NC2(C(=O)O)CCC2)CC(=O)N1. The number of nitrogens with one attached hydrogen (secondary N) is 2. The van der Waals surface area contributed by atoms with Crippen molar-refractivity contribution in [2.45, 2.75) is 24.8 Å². The summed E-state index contributed by atoms with van der Waals surface area (Å²) in [6, 6.07) is -0.694. The number of piperazine rings is 1. The predicted molar refractivity (Wildman–Crippen MR) is 57.5 cm³/mol. The van der Waals surface area contributed by atoms with Crippen molar-refractivity contribution in [1.82, 2.24) is 15.5 Å². The van der Waals surface area contributed by atoms with Crippen molar-refractivity contribution in [3.8, 4) is 0 Å². The normalized spacial score (nSPS) is 21.9. The highest BCUT2D eigenvalue weighted by Gasteiger charge is 2.46. The van der Waals surface area contributed by atoms with Crippen LogP contribution in [0.4, 0.5) is 4.79 Å². The van der Waals surface area contributed by atoms with Crippen LogP contribution in [0.15, 0.2) is 0 Å². The van der Waals surface area contributed by atoms with Gasteiger partial charge in [0.05, 0.1) is 0 Å². The lowest BCUT2D eigenvalue weighted by Crippen LogP contribution is -2.64. The molecular weight excluding hydrogens is 242 g/mol. The van der Waals surface area contributed by atoms with Crippen molar-refractivity contribution < 1.29 is 24.3 Å². The fourth-order valence-corrected chi connectivity index (χ4v) is 1.99. The Morgan fingerprint density at radius 3 is 2.17 bits per heavy atom. The van der Waals surface area contributed by atoms with Crippen molar-refractivity contribution in [1.29, 1.82) is 0 Å². The van der Waals surface area contributed by atoms with Gasteiger partial charge in [-0.15, -0.1) is 0 Å². The number of imide groups is 1. The van der Waals surface area contributed by atoms with E-state index in [1.807, 2.05) is 0 Å². The van der Waals surface area contributed by atoms with Crippen LogP contribution in [0.3, 0.4) is 0 Å². The predicted octanol–water partition coefficient (Wildman–Crippen LogP) is -1.34. The lowest BCUT2D eigenvalue weighted by Gasteiger charge is -2.40. The Morgan fingerprint density at radius 1 is 1.22 bits per heavy atom. The topological polar surface area (TPSA) is 116 Å². The molecular formula is C10H13N3O5. The van der Waals surface area contributed by atoms with Gasteiger partial charge >= 0.3 is 12.0 Å². The number of carboxylic acid groups (broad SMARTS) is 1. The average Bonchev–Trinajstić information content (AvgIpc) is 2.21. The molecule has 0 aromatic heterocycles. The number of rotatable bonds is 2. The van der Waals surface area contributed by atoms with Gasteiger partial charge in [0.1, 0.15) is 18.6 Å². The fourth-order valence-electron chi connectivity index (χ4n) is 1.99. The molecule has 0 aromatic rings. The van der Waals surface area contributed by atoms with Gasteiger partial charge in [-0.05, 0) is 19.3 Å². The summed E-state index contributed by atoms with van der Waals surface area (Å²) in [7, 11) is 0. The van der Waals surface area contributed by atoms with Crippen LogP contribution in [-0.4, -0.2) is 52.4 Å². The summed E-state index contributed by atoms with van der Waals surface area (Å²) in [5, 5.41) is 13.5. The maximum Gasteiger partial charge on any atom is 0.329 e. The van der Waals surface area contributed by atoms with Crippen LogP contribution in [0.2, 0.25) is 0 Å². The molecule has 0 radical (unpaired) electrons. The number of carboxylic acids is 1. The van der Waals surface area contributed by atoms with E-state index >= 15 is 0 Å². The Balaban J connectivity index is 2.01. The summed E-state index contributed by atoms with van der Waals surface area (Å²) in [6.45, 7) is -0.486. The molecule has 0 bridgehead atoms. The van der Waals surface area contributed by atoms with Gasteiger partial charge in [-0.3, -0.25) is 14.9 Å². The Morgan fingerprint density at radius 2 is 1.78 bits per heavy atom. The number of amides is 4. The number of carbonyl (C=O) groups excluding carboxylic acids is 3. The second-order valence-electron chi connectivity index (χ2n) is 4.50. The van der Waals surface area contributed by atoms with Gasteiger partial charge in [-0.25, -0.2) is 9.59 Å². The number of hydrogen-bond donors (Lipinski definition) is 3. The van der Waals surface area contributed by atoms with Gasteiger partial charge in [-0.1, -0.05) is 0 Å². The Kier molecular flexibility index (Phi) is 2.93. The van der Waals surface area contributed by atoms with Gasteiger partial charge in [0.25, 0.3) is 0 Å². The molecule has 2 fully saturated rings. The quantitative estimate of drug-likeness (QED) is 0.528. The molecule has 3 N–H and O–H groups in total. The molecule has 0 spiro atoms. The van der Waals surface area contributed by atoms with Crippen LogP contribution in [-0.2, 0) is 14.4 Å². The largest absolute Gasteiger partial charge is 0.480 e. The standard InChI is InChI=1S/C10H13N3O5/c14-6-4-13(5-7(15)11-6)9(18)12-10(8(16)17)2-1-3-10/h1-5H2,(H,12,18)(H,16,17)(H,11,14,15). The summed E-state index contributed by atoms with van der Waals surface area (Å²) in [5.41, 5.74) is -1.24. The average molecular weight is 255 g/mol. The molecule has 18 heavy (non-hydrogen) atoms. The van der Waals surface area contributed by atoms with E-state index in [9.17, 15) is 19.2 Å². The monoisotopic (exact) mass is 255 g/mol. The second kappa shape index (κ2) is 4.28. The highest BCUT2D eigenvalue weighted by atomic mass is 16.4. The molecule has 2 rings (SSSR count). The van der Waals surface area contributed by atoms with Gasteiger partial charge in [0.2, 0.25) is 11.8 Å². The van der Waals surface area contributed by atoms with Crippen molar-refractivity contribution in [2.24, 2.45) is 0 Å². The summed E-state index contributed by atoms with van der Waals surface area (Å²) >= 11 is 0. The molecule has 0 unspecified atom stereocenters. The molecule has 8 heteroatoms. The summed E-state index contributed by atoms with van der Waals surface area (Å²) < 4.78 is 0. The van der Waals surface area contributed by atoms with E-state index in [1.165, 1.54) is 0 Å². The maximum absolute atomic E-state index is 11.8. The summed E-state index contributed by atoms with van der Waals surface area (Å²) in [6.07, 6.45) is 1.45. The minimum absolute atomic E-state index is 0.243. The van der Waals surface area contributed by atoms with Crippen LogP contribution in [0.5, 0.6) is 0 Å². The van der Waals surface area contributed by atoms with E-state index < -0.39 is 29.4 Å². The molecule has 0 aromatic carbocycles. The Bertz CT molecular complexity index is 413. The number of urea groups is 1. The smallest absolute Gasteiger partial charge is 0.329 e. The lowest BCUT2D eigenvalue weighted by molar-refractivity contribution is -0.148. The Hall–Kier alpha value is -2.12. The lowest BCUT2D eigenvalue weighted by atomic mass is 9.77. The van der Waals surface area contributed by atoms with Crippen LogP contribution in [0.25, 0.3) is 0 Å². The Labute approximate surface area is 102 Å². The van der Waals surface area contributed by atoms with Crippen LogP contribution in [0, 0.1) is 0 Å². The molecule has 2 aliphatic rings. The highest BCUT2D eigenvalue weighted by Crippen LogP contribution is 2.32. The second-order valence-corrected chi connectivity index (χ2v) is 4.50. The molecule has 1 saturated carbocycles.